The van der Waals surface area contributed by atoms with Crippen molar-refractivity contribution in [2.75, 3.05) is 13.2 Å². The fourth-order valence-corrected chi connectivity index (χ4v) is 3.05. The van der Waals surface area contributed by atoms with Gasteiger partial charge in [-0.1, -0.05) is 6.07 Å². The number of pyridine rings is 2. The van der Waals surface area contributed by atoms with Gasteiger partial charge >= 0.3 is 0 Å². The van der Waals surface area contributed by atoms with E-state index in [1.807, 2.05) is 17.6 Å². The Hall–Kier alpha value is -1.98. The number of hydrogen-bond donors (Lipinski definition) is 0. The summed E-state index contributed by atoms with van der Waals surface area (Å²) in [5, 5.41) is -0.741. The van der Waals surface area contributed by atoms with E-state index >= 15 is 0 Å². The first kappa shape index (κ1) is 16.9. The van der Waals surface area contributed by atoms with Crippen LogP contribution >= 0.6 is 11.6 Å². The van der Waals surface area contributed by atoms with Gasteiger partial charge in [0, 0.05) is 38.3 Å². The van der Waals surface area contributed by atoms with Crippen molar-refractivity contribution >= 4 is 16.8 Å². The average Bonchev–Trinajstić information content (AvgIpc) is 2.58. The van der Waals surface area contributed by atoms with Gasteiger partial charge in [0.05, 0.1) is 16.8 Å². The summed E-state index contributed by atoms with van der Waals surface area (Å²) in [4.78, 5) is 28.5. The van der Waals surface area contributed by atoms with Crippen LogP contribution in [0.5, 0.6) is 0 Å². The summed E-state index contributed by atoms with van der Waals surface area (Å²) in [7, 11) is 0. The van der Waals surface area contributed by atoms with Gasteiger partial charge in [-0.2, -0.15) is 0 Å². The summed E-state index contributed by atoms with van der Waals surface area (Å²) >= 11 is 5.62. The van der Waals surface area contributed by atoms with Crippen LogP contribution in [0.15, 0.2) is 35.5 Å². The van der Waals surface area contributed by atoms with Crippen LogP contribution < -0.4 is 5.43 Å². The van der Waals surface area contributed by atoms with Crippen LogP contribution in [0.25, 0.3) is 11.3 Å². The van der Waals surface area contributed by atoms with Gasteiger partial charge in [-0.3, -0.25) is 14.6 Å². The number of aryl methyl sites for hydroxylation is 1. The highest BCUT2D eigenvalue weighted by molar-refractivity contribution is 6.67. The molecule has 0 N–H and O–H groups in total. The summed E-state index contributed by atoms with van der Waals surface area (Å²) in [6, 6.07) is 3.67. The first-order valence-electron chi connectivity index (χ1n) is 7.99. The Bertz CT molecular complexity index is 793. The number of carbonyl (C=O) groups excluding carboxylic acids is 1. The fourth-order valence-electron chi connectivity index (χ4n) is 2.91. The summed E-state index contributed by atoms with van der Waals surface area (Å²) in [5.74, 6) is 0.457. The molecule has 0 amide bonds. The van der Waals surface area contributed by atoms with Crippen LogP contribution in [-0.4, -0.2) is 28.0 Å². The molecule has 1 fully saturated rings. The number of nitrogens with zero attached hydrogens (tertiary/aromatic N) is 2. The van der Waals surface area contributed by atoms with E-state index in [-0.39, 0.29) is 11.0 Å². The van der Waals surface area contributed by atoms with E-state index in [1.165, 1.54) is 0 Å². The van der Waals surface area contributed by atoms with Crippen LogP contribution in [-0.2, 0) is 11.3 Å². The summed E-state index contributed by atoms with van der Waals surface area (Å²) in [6.45, 7) is 4.15. The van der Waals surface area contributed by atoms with Crippen molar-refractivity contribution in [1.82, 2.24) is 9.55 Å². The second-order valence-corrected chi connectivity index (χ2v) is 6.50. The molecule has 0 atom stereocenters. The second kappa shape index (κ2) is 7.28. The number of hydrogen-bond acceptors (Lipinski definition) is 4. The van der Waals surface area contributed by atoms with Gasteiger partial charge in [-0.05, 0) is 48.9 Å². The molecule has 0 radical (unpaired) electrons. The van der Waals surface area contributed by atoms with Crippen molar-refractivity contribution in [3.05, 3.63) is 52.1 Å². The lowest BCUT2D eigenvalue weighted by Gasteiger charge is -2.23. The molecule has 3 heterocycles. The van der Waals surface area contributed by atoms with Gasteiger partial charge in [0.2, 0.25) is 5.43 Å². The standard InChI is InChI=1S/C18H19ClN2O3/c1-12-2-3-16(20-8-12)14-10-21(9-13-4-6-24-7-5-13)11-15(17(14)22)18(19)23/h2-3,8,10-11,13H,4-7,9H2,1H3. The predicted octanol–water partition coefficient (Wildman–Crippen LogP) is 3.02. The molecular formula is C18H19ClN2O3. The minimum atomic E-state index is -0.741. The van der Waals surface area contributed by atoms with Crippen molar-refractivity contribution in [2.45, 2.75) is 26.3 Å². The fraction of sp³-hybridized carbons (Fsp3) is 0.389. The van der Waals surface area contributed by atoms with Crippen molar-refractivity contribution in [1.29, 1.82) is 0 Å². The number of rotatable bonds is 4. The molecule has 0 aromatic carbocycles. The highest BCUT2D eigenvalue weighted by Gasteiger charge is 2.18. The molecule has 0 aliphatic carbocycles. The van der Waals surface area contributed by atoms with E-state index in [2.05, 4.69) is 4.98 Å². The van der Waals surface area contributed by atoms with Crippen molar-refractivity contribution in [3.63, 3.8) is 0 Å². The Kier molecular flexibility index (Phi) is 5.11. The lowest BCUT2D eigenvalue weighted by molar-refractivity contribution is 0.0612. The Morgan fingerprint density at radius 2 is 2.08 bits per heavy atom. The van der Waals surface area contributed by atoms with Gasteiger partial charge in [0.15, 0.2) is 0 Å². The normalized spacial score (nSPS) is 15.4. The topological polar surface area (TPSA) is 61.2 Å². The van der Waals surface area contributed by atoms with Gasteiger partial charge < -0.3 is 9.30 Å². The first-order chi connectivity index (χ1) is 11.5. The molecule has 1 saturated heterocycles. The van der Waals surface area contributed by atoms with Gasteiger partial charge in [0.1, 0.15) is 0 Å². The van der Waals surface area contributed by atoms with Crippen LogP contribution in [0.3, 0.4) is 0 Å². The van der Waals surface area contributed by atoms with Crippen molar-refractivity contribution < 1.29 is 9.53 Å². The molecule has 3 rings (SSSR count). The molecule has 1 aliphatic heterocycles. The molecule has 2 aromatic heterocycles. The molecule has 5 nitrogen and oxygen atoms in total. The monoisotopic (exact) mass is 346 g/mol. The van der Waals surface area contributed by atoms with Crippen LogP contribution in [0.2, 0.25) is 0 Å². The zero-order chi connectivity index (χ0) is 17.1. The largest absolute Gasteiger partial charge is 0.381 e. The number of aromatic nitrogens is 2. The number of carbonyl (C=O) groups is 1. The average molecular weight is 347 g/mol. The minimum Gasteiger partial charge on any atom is -0.381 e. The molecular weight excluding hydrogens is 328 g/mol. The molecule has 0 saturated carbocycles. The number of ether oxygens (including phenoxy) is 1. The molecule has 0 unspecified atom stereocenters. The van der Waals surface area contributed by atoms with E-state index in [9.17, 15) is 9.59 Å². The minimum absolute atomic E-state index is 0.0106. The molecule has 126 valence electrons. The maximum absolute atomic E-state index is 12.6. The molecule has 0 bridgehead atoms. The van der Waals surface area contributed by atoms with Crippen LogP contribution in [0, 0.1) is 12.8 Å². The molecule has 2 aromatic rings. The number of halogens is 1. The van der Waals surface area contributed by atoms with Gasteiger partial charge in [-0.15, -0.1) is 0 Å². The Morgan fingerprint density at radius 1 is 1.33 bits per heavy atom. The zero-order valence-corrected chi connectivity index (χ0v) is 14.3. The highest BCUT2D eigenvalue weighted by atomic mass is 35.5. The summed E-state index contributed by atoms with van der Waals surface area (Å²) < 4.78 is 7.26. The smallest absolute Gasteiger partial charge is 0.257 e. The van der Waals surface area contributed by atoms with Crippen LogP contribution in [0.1, 0.15) is 28.8 Å². The predicted molar refractivity (Wildman–Crippen MR) is 92.4 cm³/mol. The maximum Gasteiger partial charge on any atom is 0.257 e. The van der Waals surface area contributed by atoms with Gasteiger partial charge in [-0.25, -0.2) is 0 Å². The third-order valence-corrected chi connectivity index (χ3v) is 4.49. The Labute approximate surface area is 145 Å². The molecule has 0 spiro atoms. The third kappa shape index (κ3) is 3.74. The van der Waals surface area contributed by atoms with Crippen LogP contribution in [0.4, 0.5) is 0 Å². The molecule has 1 aliphatic rings. The molecule has 6 heteroatoms. The first-order valence-corrected chi connectivity index (χ1v) is 8.37. The van der Waals surface area contributed by atoms with E-state index < -0.39 is 5.24 Å². The Morgan fingerprint density at radius 3 is 2.71 bits per heavy atom. The Balaban J connectivity index is 2.01. The third-order valence-electron chi connectivity index (χ3n) is 4.29. The second-order valence-electron chi connectivity index (χ2n) is 6.16. The van der Waals surface area contributed by atoms with E-state index in [4.69, 9.17) is 16.3 Å². The lowest BCUT2D eigenvalue weighted by Crippen LogP contribution is -2.23. The van der Waals surface area contributed by atoms with Crippen molar-refractivity contribution in [3.8, 4) is 11.3 Å². The SMILES string of the molecule is Cc1ccc(-c2cn(CC3CCOCC3)cc(C(=O)Cl)c2=O)nc1. The van der Waals surface area contributed by atoms with Gasteiger partial charge in [0.25, 0.3) is 5.24 Å². The van der Waals surface area contributed by atoms with Crippen molar-refractivity contribution in [2.24, 2.45) is 5.92 Å². The summed E-state index contributed by atoms with van der Waals surface area (Å²) in [5.41, 5.74) is 1.56. The van der Waals surface area contributed by atoms with E-state index in [0.717, 1.165) is 38.2 Å². The lowest BCUT2D eigenvalue weighted by atomic mass is 10.00. The summed E-state index contributed by atoms with van der Waals surface area (Å²) in [6.07, 6.45) is 6.94. The van der Waals surface area contributed by atoms with E-state index in [0.29, 0.717) is 17.2 Å². The maximum atomic E-state index is 12.6. The quantitative estimate of drug-likeness (QED) is 0.798. The highest BCUT2D eigenvalue weighted by Crippen LogP contribution is 2.19. The zero-order valence-electron chi connectivity index (χ0n) is 13.5. The molecule has 24 heavy (non-hydrogen) atoms. The van der Waals surface area contributed by atoms with E-state index in [1.54, 1.807) is 24.7 Å².